The van der Waals surface area contributed by atoms with E-state index in [1.165, 1.54) is 0 Å². The molecule has 2 unspecified atom stereocenters. The van der Waals surface area contributed by atoms with Crippen molar-refractivity contribution in [2.24, 2.45) is 0 Å². The Labute approximate surface area is 131 Å². The molecule has 3 rings (SSSR count). The van der Waals surface area contributed by atoms with Gasteiger partial charge >= 0.3 is 0 Å². The van der Waals surface area contributed by atoms with Crippen LogP contribution in [0.5, 0.6) is 0 Å². The van der Waals surface area contributed by atoms with Crippen LogP contribution in [0.25, 0.3) is 11.0 Å². The van der Waals surface area contributed by atoms with Crippen LogP contribution in [-0.4, -0.2) is 40.9 Å². The number of fused-ring (bicyclic) bond motifs is 1. The molecular weight excluding hydrogens is 278 g/mol. The third kappa shape index (κ3) is 2.78. The summed E-state index contributed by atoms with van der Waals surface area (Å²) < 4.78 is 5.87. The lowest BCUT2D eigenvalue weighted by atomic mass is 10.00. The Hall–Kier alpha value is -1.36. The van der Waals surface area contributed by atoms with E-state index in [9.17, 15) is 10.2 Å². The van der Waals surface area contributed by atoms with Gasteiger partial charge < -0.3 is 14.6 Å². The van der Waals surface area contributed by atoms with E-state index in [0.717, 1.165) is 53.7 Å². The number of β-amino-alcohol motifs (C(OH)–C–C–N with tert-alkyl or cyclic N) is 1. The van der Waals surface area contributed by atoms with Crippen LogP contribution in [0.1, 0.15) is 42.3 Å². The van der Waals surface area contributed by atoms with Crippen molar-refractivity contribution in [1.82, 2.24) is 4.90 Å². The third-order valence-electron chi connectivity index (χ3n) is 4.96. The topological polar surface area (TPSA) is 56.8 Å². The average molecular weight is 303 g/mol. The molecule has 2 atom stereocenters. The average Bonchev–Trinajstić information content (AvgIpc) is 2.83. The fraction of sp³-hybridized carbons (Fsp3) is 0.556. The van der Waals surface area contributed by atoms with Crippen molar-refractivity contribution in [3.05, 3.63) is 35.1 Å². The molecule has 1 aliphatic rings. The number of hydrogen-bond donors (Lipinski definition) is 2. The minimum absolute atomic E-state index is 0.163. The Bertz CT molecular complexity index is 649. The van der Waals surface area contributed by atoms with Gasteiger partial charge in [0, 0.05) is 23.5 Å². The van der Waals surface area contributed by atoms with Gasteiger partial charge in [-0.15, -0.1) is 0 Å². The van der Waals surface area contributed by atoms with Gasteiger partial charge in [-0.05, 0) is 38.8 Å². The number of hydrogen-bond acceptors (Lipinski definition) is 4. The van der Waals surface area contributed by atoms with E-state index in [2.05, 4.69) is 4.90 Å². The number of likely N-dealkylation sites (tertiary alicyclic amines) is 1. The minimum Gasteiger partial charge on any atom is -0.461 e. The van der Waals surface area contributed by atoms with Crippen LogP contribution in [0.15, 0.2) is 22.6 Å². The quantitative estimate of drug-likeness (QED) is 0.912. The lowest BCUT2D eigenvalue weighted by molar-refractivity contribution is 0.0419. The van der Waals surface area contributed by atoms with Crippen LogP contribution >= 0.6 is 0 Å². The van der Waals surface area contributed by atoms with Crippen LogP contribution in [-0.2, 0) is 0 Å². The van der Waals surface area contributed by atoms with Crippen LogP contribution < -0.4 is 0 Å². The van der Waals surface area contributed by atoms with E-state index in [0.29, 0.717) is 6.54 Å². The van der Waals surface area contributed by atoms with Crippen molar-refractivity contribution >= 4 is 11.0 Å². The molecular formula is C18H25NO3. The number of piperidine rings is 1. The van der Waals surface area contributed by atoms with Gasteiger partial charge in [0.2, 0.25) is 0 Å². The molecule has 0 aliphatic carbocycles. The van der Waals surface area contributed by atoms with Crippen LogP contribution in [0.3, 0.4) is 0 Å². The molecule has 22 heavy (non-hydrogen) atoms. The van der Waals surface area contributed by atoms with Crippen LogP contribution in [0.2, 0.25) is 0 Å². The molecule has 1 aromatic carbocycles. The Morgan fingerprint density at radius 3 is 2.91 bits per heavy atom. The molecule has 0 bridgehead atoms. The highest BCUT2D eigenvalue weighted by Gasteiger charge is 2.25. The second-order valence-electron chi connectivity index (χ2n) is 6.35. The first-order valence-electron chi connectivity index (χ1n) is 8.13. The predicted molar refractivity (Wildman–Crippen MR) is 86.9 cm³/mol. The number of rotatable bonds is 4. The molecule has 1 aromatic heterocycles. The predicted octanol–water partition coefficient (Wildman–Crippen LogP) is 2.93. The Balaban J connectivity index is 1.85. The van der Waals surface area contributed by atoms with Crippen molar-refractivity contribution in [3.8, 4) is 0 Å². The van der Waals surface area contributed by atoms with Gasteiger partial charge in [-0.2, -0.15) is 0 Å². The monoisotopic (exact) mass is 303 g/mol. The lowest BCUT2D eigenvalue weighted by Gasteiger charge is -2.35. The van der Waals surface area contributed by atoms with E-state index >= 15 is 0 Å². The number of aryl methyl sites for hydroxylation is 2. The summed E-state index contributed by atoms with van der Waals surface area (Å²) in [5, 5.41) is 21.3. The van der Waals surface area contributed by atoms with Gasteiger partial charge in [0.15, 0.2) is 0 Å². The van der Waals surface area contributed by atoms with Gasteiger partial charge in [-0.1, -0.05) is 24.6 Å². The molecule has 1 fully saturated rings. The molecule has 2 N–H and O–H groups in total. The summed E-state index contributed by atoms with van der Waals surface area (Å²) in [5.41, 5.74) is 2.77. The van der Waals surface area contributed by atoms with Gasteiger partial charge in [-0.3, -0.25) is 4.90 Å². The van der Waals surface area contributed by atoms with E-state index in [1.807, 2.05) is 32.0 Å². The smallest absolute Gasteiger partial charge is 0.140 e. The molecule has 2 aromatic rings. The highest BCUT2D eigenvalue weighted by Crippen LogP contribution is 2.31. The van der Waals surface area contributed by atoms with Gasteiger partial charge in [-0.25, -0.2) is 0 Å². The molecule has 0 spiro atoms. The number of aliphatic hydroxyl groups is 2. The standard InChI is InChI=1S/C18H25NO3/c1-12-13(2)22-18-15(12)7-5-8-16(18)17(21)10-19-9-4-3-6-14(19)11-20/h5,7-8,14,17,20-21H,3-4,6,9-11H2,1-2H3. The molecule has 0 amide bonds. The molecule has 1 aliphatic heterocycles. The van der Waals surface area contributed by atoms with E-state index in [1.54, 1.807) is 0 Å². The largest absolute Gasteiger partial charge is 0.461 e. The molecule has 4 heteroatoms. The van der Waals surface area contributed by atoms with Crippen LogP contribution in [0.4, 0.5) is 0 Å². The number of nitrogens with zero attached hydrogens (tertiary/aromatic N) is 1. The lowest BCUT2D eigenvalue weighted by Crippen LogP contribution is -2.43. The second kappa shape index (κ2) is 6.41. The number of furan rings is 1. The summed E-state index contributed by atoms with van der Waals surface area (Å²) in [4.78, 5) is 2.20. The molecule has 0 saturated carbocycles. The minimum atomic E-state index is -0.596. The van der Waals surface area contributed by atoms with Crippen molar-refractivity contribution in [2.75, 3.05) is 19.7 Å². The Kier molecular flexibility index (Phi) is 4.52. The van der Waals surface area contributed by atoms with Crippen molar-refractivity contribution in [1.29, 1.82) is 0 Å². The first kappa shape index (κ1) is 15.5. The fourth-order valence-corrected chi connectivity index (χ4v) is 3.47. The first-order valence-corrected chi connectivity index (χ1v) is 8.13. The summed E-state index contributed by atoms with van der Waals surface area (Å²) in [6.07, 6.45) is 2.70. The van der Waals surface area contributed by atoms with Gasteiger partial charge in [0.1, 0.15) is 11.3 Å². The number of benzene rings is 1. The molecule has 2 heterocycles. The van der Waals surface area contributed by atoms with Crippen LogP contribution in [0, 0.1) is 13.8 Å². The maximum atomic E-state index is 10.7. The zero-order valence-electron chi connectivity index (χ0n) is 13.4. The van der Waals surface area contributed by atoms with Crippen molar-refractivity contribution < 1.29 is 14.6 Å². The Morgan fingerprint density at radius 2 is 2.14 bits per heavy atom. The zero-order chi connectivity index (χ0) is 15.7. The van der Waals surface area contributed by atoms with Gasteiger partial charge in [0.05, 0.1) is 12.7 Å². The SMILES string of the molecule is Cc1oc2c(C(O)CN3CCCCC3CO)cccc2c1C. The molecule has 120 valence electrons. The first-order chi connectivity index (χ1) is 10.6. The molecule has 0 radical (unpaired) electrons. The van der Waals surface area contributed by atoms with Crippen molar-refractivity contribution in [3.63, 3.8) is 0 Å². The highest BCUT2D eigenvalue weighted by atomic mass is 16.3. The highest BCUT2D eigenvalue weighted by molar-refractivity contribution is 5.85. The normalized spacial score (nSPS) is 21.4. The fourth-order valence-electron chi connectivity index (χ4n) is 3.47. The summed E-state index contributed by atoms with van der Waals surface area (Å²) in [6.45, 7) is 5.65. The summed E-state index contributed by atoms with van der Waals surface area (Å²) in [7, 11) is 0. The number of aliphatic hydroxyl groups excluding tert-OH is 2. The Morgan fingerprint density at radius 1 is 1.32 bits per heavy atom. The van der Waals surface area contributed by atoms with E-state index in [4.69, 9.17) is 4.42 Å². The molecule has 1 saturated heterocycles. The number of para-hydroxylation sites is 1. The summed E-state index contributed by atoms with van der Waals surface area (Å²) in [6, 6.07) is 6.12. The third-order valence-corrected chi connectivity index (χ3v) is 4.96. The maximum absolute atomic E-state index is 10.7. The molecule has 4 nitrogen and oxygen atoms in total. The summed E-state index contributed by atoms with van der Waals surface area (Å²) in [5.74, 6) is 0.904. The van der Waals surface area contributed by atoms with Crippen molar-refractivity contribution in [2.45, 2.75) is 45.3 Å². The zero-order valence-corrected chi connectivity index (χ0v) is 13.4. The van der Waals surface area contributed by atoms with E-state index in [-0.39, 0.29) is 12.6 Å². The van der Waals surface area contributed by atoms with Gasteiger partial charge in [0.25, 0.3) is 0 Å². The second-order valence-corrected chi connectivity index (χ2v) is 6.35. The van der Waals surface area contributed by atoms with E-state index < -0.39 is 6.10 Å². The maximum Gasteiger partial charge on any atom is 0.140 e. The summed E-state index contributed by atoms with van der Waals surface area (Å²) >= 11 is 0.